The van der Waals surface area contributed by atoms with Gasteiger partial charge in [0.1, 0.15) is 0 Å². The summed E-state index contributed by atoms with van der Waals surface area (Å²) in [5.74, 6) is 0. The van der Waals surface area contributed by atoms with Crippen molar-refractivity contribution in [2.45, 2.75) is 39.1 Å². The first-order chi connectivity index (χ1) is 5.43. The molecule has 0 saturated carbocycles. The molecule has 0 amide bonds. The summed E-state index contributed by atoms with van der Waals surface area (Å²) in [6, 6.07) is 0. The van der Waals surface area contributed by atoms with Gasteiger partial charge in [0.2, 0.25) is 0 Å². The molecule has 0 aromatic heterocycles. The monoisotopic (exact) mass is 188 g/mol. The molecule has 0 spiro atoms. The summed E-state index contributed by atoms with van der Waals surface area (Å²) < 4.78 is 0. The minimum Gasteiger partial charge on any atom is -0.392 e. The molecule has 0 heterocycles. The van der Waals surface area contributed by atoms with Crippen LogP contribution in [0.2, 0.25) is 19.6 Å². The van der Waals surface area contributed by atoms with Crippen LogP contribution in [0.3, 0.4) is 0 Å². The van der Waals surface area contributed by atoms with E-state index in [4.69, 9.17) is 5.11 Å². The molecule has 0 aliphatic rings. The summed E-state index contributed by atoms with van der Waals surface area (Å²) in [7, 11) is -1.44. The Morgan fingerprint density at radius 1 is 1.42 bits per heavy atom. The lowest BCUT2D eigenvalue weighted by Gasteiger charge is -2.24. The molecule has 1 atom stereocenters. The van der Waals surface area contributed by atoms with Gasteiger partial charge < -0.3 is 10.2 Å². The van der Waals surface area contributed by atoms with Gasteiger partial charge in [0.25, 0.3) is 0 Å². The maximum absolute atomic E-state index is 9.64. The first kappa shape index (κ1) is 11.9. The van der Waals surface area contributed by atoms with E-state index in [9.17, 15) is 5.11 Å². The summed E-state index contributed by atoms with van der Waals surface area (Å²) in [4.78, 5) is 0. The van der Waals surface area contributed by atoms with Crippen molar-refractivity contribution in [3.63, 3.8) is 0 Å². The van der Waals surface area contributed by atoms with E-state index in [0.29, 0.717) is 0 Å². The number of rotatable bonds is 4. The molecule has 1 unspecified atom stereocenters. The predicted molar refractivity (Wildman–Crippen MR) is 54.8 cm³/mol. The van der Waals surface area contributed by atoms with E-state index in [-0.39, 0.29) is 12.7 Å². The molecule has 0 radical (unpaired) electrons. The lowest BCUT2D eigenvalue weighted by molar-refractivity contribution is 0.211. The summed E-state index contributed by atoms with van der Waals surface area (Å²) in [5, 5.41) is 19.5. The maximum Gasteiger partial charge on any atom is 0.0754 e. The molecule has 2 N–H and O–H groups in total. The lowest BCUT2D eigenvalue weighted by Crippen LogP contribution is -2.32. The Kier molecular flexibility index (Phi) is 4.75. The van der Waals surface area contributed by atoms with Crippen molar-refractivity contribution >= 4 is 8.07 Å². The zero-order chi connectivity index (χ0) is 9.78. The Hall–Kier alpha value is -0.123. The minimum atomic E-state index is -1.44. The summed E-state index contributed by atoms with van der Waals surface area (Å²) in [6.45, 7) is 8.51. The van der Waals surface area contributed by atoms with Gasteiger partial charge in [-0.25, -0.2) is 0 Å². The van der Waals surface area contributed by atoms with E-state index in [1.54, 1.807) is 6.08 Å². The Morgan fingerprint density at radius 3 is 2.17 bits per heavy atom. The van der Waals surface area contributed by atoms with Crippen molar-refractivity contribution < 1.29 is 10.2 Å². The second-order valence-corrected chi connectivity index (χ2v) is 9.09. The van der Waals surface area contributed by atoms with Gasteiger partial charge in [-0.05, 0) is 6.42 Å². The van der Waals surface area contributed by atoms with Gasteiger partial charge in [0.15, 0.2) is 0 Å². The second kappa shape index (κ2) is 4.79. The second-order valence-electron chi connectivity index (χ2n) is 4.02. The maximum atomic E-state index is 9.64. The topological polar surface area (TPSA) is 40.5 Å². The highest BCUT2D eigenvalue weighted by molar-refractivity contribution is 6.83. The van der Waals surface area contributed by atoms with Crippen LogP contribution in [0.25, 0.3) is 0 Å². The molecule has 12 heavy (non-hydrogen) atoms. The van der Waals surface area contributed by atoms with Gasteiger partial charge in [0, 0.05) is 0 Å². The van der Waals surface area contributed by atoms with Gasteiger partial charge in [-0.1, -0.05) is 37.8 Å². The standard InChI is InChI=1S/C9H20O2Si/c1-5-8(11)9(6-7-10)12(2,3)4/h6,8,10-11H,5,7H2,1-4H3. The molecule has 72 valence electrons. The first-order valence-electron chi connectivity index (χ1n) is 4.43. The number of aliphatic hydroxyl groups excluding tert-OH is 2. The van der Waals surface area contributed by atoms with Crippen LogP contribution in [-0.2, 0) is 0 Å². The number of aliphatic hydroxyl groups is 2. The largest absolute Gasteiger partial charge is 0.392 e. The molecule has 0 rings (SSSR count). The van der Waals surface area contributed by atoms with Crippen molar-refractivity contribution in [1.82, 2.24) is 0 Å². The van der Waals surface area contributed by atoms with Crippen molar-refractivity contribution in [2.24, 2.45) is 0 Å². The van der Waals surface area contributed by atoms with Crippen LogP contribution in [0.15, 0.2) is 11.3 Å². The van der Waals surface area contributed by atoms with E-state index in [0.717, 1.165) is 11.6 Å². The van der Waals surface area contributed by atoms with Crippen LogP contribution in [0.5, 0.6) is 0 Å². The quantitative estimate of drug-likeness (QED) is 0.657. The molecule has 3 heteroatoms. The smallest absolute Gasteiger partial charge is 0.0754 e. The van der Waals surface area contributed by atoms with Crippen molar-refractivity contribution in [1.29, 1.82) is 0 Å². The molecule has 0 aliphatic carbocycles. The van der Waals surface area contributed by atoms with Crippen molar-refractivity contribution in [3.8, 4) is 0 Å². The summed E-state index contributed by atoms with van der Waals surface area (Å²) in [6.07, 6.45) is 2.14. The highest BCUT2D eigenvalue weighted by atomic mass is 28.3. The SMILES string of the molecule is CCC(O)C(=CCO)[Si](C)(C)C. The van der Waals surface area contributed by atoms with Crippen LogP contribution in [0.4, 0.5) is 0 Å². The van der Waals surface area contributed by atoms with Gasteiger partial charge >= 0.3 is 0 Å². The third kappa shape index (κ3) is 3.52. The average Bonchev–Trinajstić information content (AvgIpc) is 1.96. The van der Waals surface area contributed by atoms with Crippen molar-refractivity contribution in [2.75, 3.05) is 6.61 Å². The molecule has 2 nitrogen and oxygen atoms in total. The Balaban J connectivity index is 4.56. The van der Waals surface area contributed by atoms with Crippen LogP contribution >= 0.6 is 0 Å². The Morgan fingerprint density at radius 2 is 1.92 bits per heavy atom. The summed E-state index contributed by atoms with van der Waals surface area (Å²) in [5.41, 5.74) is 0. The predicted octanol–water partition coefficient (Wildman–Crippen LogP) is 1.55. The van der Waals surface area contributed by atoms with E-state index in [1.807, 2.05) is 6.92 Å². The fraction of sp³-hybridized carbons (Fsp3) is 0.778. The highest BCUT2D eigenvalue weighted by Crippen LogP contribution is 2.19. The first-order valence-corrected chi connectivity index (χ1v) is 7.93. The van der Waals surface area contributed by atoms with Crippen LogP contribution in [-0.4, -0.2) is 31.0 Å². The van der Waals surface area contributed by atoms with Crippen LogP contribution in [0, 0.1) is 0 Å². The molecular weight excluding hydrogens is 168 g/mol. The number of hydrogen-bond acceptors (Lipinski definition) is 2. The molecule has 0 aromatic carbocycles. The van der Waals surface area contributed by atoms with Crippen molar-refractivity contribution in [3.05, 3.63) is 11.3 Å². The summed E-state index contributed by atoms with van der Waals surface area (Å²) >= 11 is 0. The van der Waals surface area contributed by atoms with E-state index in [1.165, 1.54) is 0 Å². The van der Waals surface area contributed by atoms with Gasteiger partial charge in [-0.15, -0.1) is 0 Å². The third-order valence-electron chi connectivity index (χ3n) is 1.92. The van der Waals surface area contributed by atoms with Gasteiger partial charge in [-0.2, -0.15) is 0 Å². The van der Waals surface area contributed by atoms with Crippen LogP contribution in [0.1, 0.15) is 13.3 Å². The molecule has 0 fully saturated rings. The van der Waals surface area contributed by atoms with Crippen LogP contribution < -0.4 is 0 Å². The molecule has 0 aromatic rings. The van der Waals surface area contributed by atoms with E-state index >= 15 is 0 Å². The molecule has 0 aliphatic heterocycles. The zero-order valence-corrected chi connectivity index (χ0v) is 9.46. The zero-order valence-electron chi connectivity index (χ0n) is 8.46. The van der Waals surface area contributed by atoms with Gasteiger partial charge in [-0.3, -0.25) is 0 Å². The number of hydrogen-bond donors (Lipinski definition) is 2. The lowest BCUT2D eigenvalue weighted by atomic mass is 10.2. The normalized spacial score (nSPS) is 16.3. The Bertz CT molecular complexity index is 158. The average molecular weight is 188 g/mol. The fourth-order valence-corrected chi connectivity index (χ4v) is 3.17. The van der Waals surface area contributed by atoms with Gasteiger partial charge in [0.05, 0.1) is 20.8 Å². The third-order valence-corrected chi connectivity index (χ3v) is 4.19. The highest BCUT2D eigenvalue weighted by Gasteiger charge is 2.23. The minimum absolute atomic E-state index is 0.0384. The van der Waals surface area contributed by atoms with E-state index in [2.05, 4.69) is 19.6 Å². The Labute approximate surface area is 75.9 Å². The fourth-order valence-electron chi connectivity index (χ4n) is 1.26. The molecular formula is C9H20O2Si. The molecule has 0 saturated heterocycles. The molecule has 0 bridgehead atoms. The van der Waals surface area contributed by atoms with E-state index < -0.39 is 8.07 Å².